The Balaban J connectivity index is 1.62. The van der Waals surface area contributed by atoms with Gasteiger partial charge in [0.05, 0.1) is 23.5 Å². The summed E-state index contributed by atoms with van der Waals surface area (Å²) in [5, 5.41) is 7.55. The number of thiazole rings is 1. The van der Waals surface area contributed by atoms with Gasteiger partial charge in [-0.3, -0.25) is 5.43 Å². The number of hydrazone groups is 1. The maximum Gasteiger partial charge on any atom is 0.203 e. The Morgan fingerprint density at radius 2 is 2.08 bits per heavy atom. The van der Waals surface area contributed by atoms with Crippen LogP contribution in [0, 0.1) is 0 Å². The van der Waals surface area contributed by atoms with Crippen LogP contribution in [0.4, 0.5) is 5.13 Å². The zero-order valence-electron chi connectivity index (χ0n) is 13.8. The molecule has 0 aliphatic rings. The van der Waals surface area contributed by atoms with Gasteiger partial charge in [-0.2, -0.15) is 5.10 Å². The van der Waals surface area contributed by atoms with Crippen LogP contribution in [0.5, 0.6) is 5.75 Å². The molecule has 0 bridgehead atoms. The summed E-state index contributed by atoms with van der Waals surface area (Å²) in [4.78, 5) is 4.52. The van der Waals surface area contributed by atoms with E-state index >= 15 is 0 Å². The molecule has 0 saturated carbocycles. The fourth-order valence-corrected chi connectivity index (χ4v) is 3.07. The average molecular weight is 372 g/mol. The van der Waals surface area contributed by atoms with Gasteiger partial charge in [0.1, 0.15) is 5.75 Å². The van der Waals surface area contributed by atoms with Crippen molar-refractivity contribution in [3.05, 3.63) is 64.5 Å². The SMILES string of the molecule is CCCOc1ccc(/C=N\Nc2nc(-c3ccccc3)cs2)cc1Cl. The van der Waals surface area contributed by atoms with Gasteiger partial charge in [0, 0.05) is 10.9 Å². The predicted molar refractivity (Wildman–Crippen MR) is 106 cm³/mol. The number of ether oxygens (including phenoxy) is 1. The first-order valence-electron chi connectivity index (χ1n) is 7.98. The van der Waals surface area contributed by atoms with Gasteiger partial charge in [0.25, 0.3) is 0 Å². The van der Waals surface area contributed by atoms with E-state index in [2.05, 4.69) is 22.4 Å². The third-order valence-corrected chi connectivity index (χ3v) is 4.41. The lowest BCUT2D eigenvalue weighted by Gasteiger charge is -2.06. The van der Waals surface area contributed by atoms with Crippen molar-refractivity contribution in [3.8, 4) is 17.0 Å². The van der Waals surface area contributed by atoms with Crippen molar-refractivity contribution in [2.45, 2.75) is 13.3 Å². The van der Waals surface area contributed by atoms with Crippen molar-refractivity contribution in [3.63, 3.8) is 0 Å². The molecular formula is C19H18ClN3OS. The van der Waals surface area contributed by atoms with E-state index in [1.807, 2.05) is 53.9 Å². The second-order valence-electron chi connectivity index (χ2n) is 5.31. The molecule has 3 aromatic rings. The normalized spacial score (nSPS) is 11.0. The van der Waals surface area contributed by atoms with Crippen LogP contribution in [-0.2, 0) is 0 Å². The molecule has 0 radical (unpaired) electrons. The van der Waals surface area contributed by atoms with Crippen LogP contribution < -0.4 is 10.2 Å². The highest BCUT2D eigenvalue weighted by Crippen LogP contribution is 2.26. The second kappa shape index (κ2) is 8.65. The zero-order valence-corrected chi connectivity index (χ0v) is 15.3. The van der Waals surface area contributed by atoms with E-state index in [0.717, 1.165) is 28.4 Å². The summed E-state index contributed by atoms with van der Waals surface area (Å²) in [7, 11) is 0. The van der Waals surface area contributed by atoms with E-state index in [4.69, 9.17) is 16.3 Å². The Bertz CT molecular complexity index is 849. The van der Waals surface area contributed by atoms with E-state index in [-0.39, 0.29) is 0 Å². The topological polar surface area (TPSA) is 46.5 Å². The van der Waals surface area contributed by atoms with Crippen LogP contribution in [0.15, 0.2) is 59.0 Å². The van der Waals surface area contributed by atoms with Gasteiger partial charge in [-0.05, 0) is 30.2 Å². The fraction of sp³-hybridized carbons (Fsp3) is 0.158. The van der Waals surface area contributed by atoms with Crippen molar-refractivity contribution in [1.82, 2.24) is 4.98 Å². The average Bonchev–Trinajstić information content (AvgIpc) is 3.11. The summed E-state index contributed by atoms with van der Waals surface area (Å²) in [6, 6.07) is 15.7. The van der Waals surface area contributed by atoms with Gasteiger partial charge < -0.3 is 4.74 Å². The monoisotopic (exact) mass is 371 g/mol. The molecule has 1 N–H and O–H groups in total. The molecule has 0 saturated heterocycles. The first-order chi connectivity index (χ1) is 12.3. The summed E-state index contributed by atoms with van der Waals surface area (Å²) < 4.78 is 5.56. The molecule has 0 unspecified atom stereocenters. The van der Waals surface area contributed by atoms with E-state index in [1.54, 1.807) is 6.21 Å². The quantitative estimate of drug-likeness (QED) is 0.428. The van der Waals surface area contributed by atoms with E-state index in [9.17, 15) is 0 Å². The zero-order chi connectivity index (χ0) is 17.5. The predicted octanol–water partition coefficient (Wildman–Crippen LogP) is 5.70. The first-order valence-corrected chi connectivity index (χ1v) is 9.24. The molecule has 0 aliphatic carbocycles. The molecule has 3 rings (SSSR count). The van der Waals surface area contributed by atoms with Gasteiger partial charge in [0.15, 0.2) is 0 Å². The van der Waals surface area contributed by atoms with E-state index in [1.165, 1.54) is 11.3 Å². The number of hydrogen-bond donors (Lipinski definition) is 1. The standard InChI is InChI=1S/C19H18ClN3OS/c1-2-10-24-18-9-8-14(11-16(18)20)12-21-23-19-22-17(13-25-19)15-6-4-3-5-7-15/h3-9,11-13H,2,10H2,1H3,(H,22,23)/b21-12-. The molecular weight excluding hydrogens is 354 g/mol. The lowest BCUT2D eigenvalue weighted by molar-refractivity contribution is 0.317. The summed E-state index contributed by atoms with van der Waals surface area (Å²) in [5.41, 5.74) is 5.87. The fourth-order valence-electron chi connectivity index (χ4n) is 2.16. The van der Waals surface area contributed by atoms with Crippen LogP contribution >= 0.6 is 22.9 Å². The van der Waals surface area contributed by atoms with Crippen LogP contribution in [0.2, 0.25) is 5.02 Å². The van der Waals surface area contributed by atoms with Crippen LogP contribution in [0.3, 0.4) is 0 Å². The number of nitrogens with zero attached hydrogens (tertiary/aromatic N) is 2. The molecule has 0 aliphatic heterocycles. The van der Waals surface area contributed by atoms with Crippen molar-refractivity contribution >= 4 is 34.3 Å². The van der Waals surface area contributed by atoms with Crippen LogP contribution in [0.1, 0.15) is 18.9 Å². The highest BCUT2D eigenvalue weighted by molar-refractivity contribution is 7.14. The second-order valence-corrected chi connectivity index (χ2v) is 6.58. The lowest BCUT2D eigenvalue weighted by atomic mass is 10.2. The van der Waals surface area contributed by atoms with Gasteiger partial charge in [-0.15, -0.1) is 11.3 Å². The number of benzene rings is 2. The van der Waals surface area contributed by atoms with Gasteiger partial charge in [-0.25, -0.2) is 4.98 Å². The van der Waals surface area contributed by atoms with E-state index in [0.29, 0.717) is 17.4 Å². The molecule has 0 amide bonds. The maximum atomic E-state index is 6.21. The van der Waals surface area contributed by atoms with Gasteiger partial charge in [0.2, 0.25) is 5.13 Å². The molecule has 0 atom stereocenters. The Labute approximate surface area is 156 Å². The Kier molecular flexibility index (Phi) is 6.04. The van der Waals surface area contributed by atoms with Gasteiger partial charge >= 0.3 is 0 Å². The third kappa shape index (κ3) is 4.81. The van der Waals surface area contributed by atoms with Crippen molar-refractivity contribution in [2.75, 3.05) is 12.0 Å². The number of rotatable bonds is 7. The Morgan fingerprint density at radius 1 is 1.24 bits per heavy atom. The molecule has 2 aromatic carbocycles. The highest BCUT2D eigenvalue weighted by Gasteiger charge is 2.04. The maximum absolute atomic E-state index is 6.21. The number of hydrogen-bond acceptors (Lipinski definition) is 5. The van der Waals surface area contributed by atoms with Crippen LogP contribution in [-0.4, -0.2) is 17.8 Å². The minimum absolute atomic E-state index is 0.581. The first kappa shape index (κ1) is 17.5. The number of aromatic nitrogens is 1. The Morgan fingerprint density at radius 3 is 2.84 bits per heavy atom. The smallest absolute Gasteiger partial charge is 0.203 e. The molecule has 4 nitrogen and oxygen atoms in total. The Hall–Kier alpha value is -2.37. The molecule has 0 fully saturated rings. The summed E-state index contributed by atoms with van der Waals surface area (Å²) in [5.74, 6) is 0.695. The number of halogens is 1. The summed E-state index contributed by atoms with van der Waals surface area (Å²) in [6.07, 6.45) is 2.65. The minimum Gasteiger partial charge on any atom is -0.492 e. The molecule has 25 heavy (non-hydrogen) atoms. The lowest BCUT2D eigenvalue weighted by Crippen LogP contribution is -1.96. The molecule has 1 heterocycles. The third-order valence-electron chi connectivity index (χ3n) is 3.37. The minimum atomic E-state index is 0.581. The molecule has 128 valence electrons. The molecule has 1 aromatic heterocycles. The number of nitrogens with one attached hydrogen (secondary N) is 1. The summed E-state index contributed by atoms with van der Waals surface area (Å²) >= 11 is 7.73. The molecule has 6 heteroatoms. The van der Waals surface area contributed by atoms with E-state index < -0.39 is 0 Å². The van der Waals surface area contributed by atoms with Crippen molar-refractivity contribution in [1.29, 1.82) is 0 Å². The van der Waals surface area contributed by atoms with Crippen molar-refractivity contribution in [2.24, 2.45) is 5.10 Å². The van der Waals surface area contributed by atoms with Crippen molar-refractivity contribution < 1.29 is 4.74 Å². The summed E-state index contributed by atoms with van der Waals surface area (Å²) in [6.45, 7) is 2.71. The highest BCUT2D eigenvalue weighted by atomic mass is 35.5. The molecule has 0 spiro atoms. The van der Waals surface area contributed by atoms with Gasteiger partial charge in [-0.1, -0.05) is 48.9 Å². The number of anilines is 1. The van der Waals surface area contributed by atoms with Crippen LogP contribution in [0.25, 0.3) is 11.3 Å². The largest absolute Gasteiger partial charge is 0.492 e.